The van der Waals surface area contributed by atoms with E-state index in [2.05, 4.69) is 22.3 Å². The van der Waals surface area contributed by atoms with Crippen LogP contribution in [0.5, 0.6) is 5.75 Å². The number of hydrogen-bond donors (Lipinski definition) is 2. The number of ether oxygens (including phenoxy) is 1. The van der Waals surface area contributed by atoms with Gasteiger partial charge in [0.05, 0.1) is 13.2 Å². The van der Waals surface area contributed by atoms with Crippen LogP contribution in [0.1, 0.15) is 40.4 Å². The van der Waals surface area contributed by atoms with Crippen LogP contribution in [0, 0.1) is 6.92 Å². The molecule has 1 amide bonds. The number of carbonyl (C=O) groups is 1. The predicted octanol–water partition coefficient (Wildman–Crippen LogP) is 4.00. The maximum atomic E-state index is 12.7. The highest BCUT2D eigenvalue weighted by molar-refractivity contribution is 5.96. The highest BCUT2D eigenvalue weighted by atomic mass is 35.5. The molecule has 2 aromatic carbocycles. The van der Waals surface area contributed by atoms with Gasteiger partial charge in [-0.3, -0.25) is 9.69 Å². The van der Waals surface area contributed by atoms with Crippen molar-refractivity contribution >= 4 is 36.4 Å². The number of benzene rings is 2. The SMILES string of the molecule is COc1cccc(C(CNC(=O)c2cc(N)ccc2C)N2CCCC2)c1.Cl.Cl. The Kier molecular flexibility index (Phi) is 9.59. The van der Waals surface area contributed by atoms with Crippen LogP contribution in [0.3, 0.4) is 0 Å². The molecule has 1 aliphatic heterocycles. The highest BCUT2D eigenvalue weighted by Crippen LogP contribution is 2.27. The molecule has 3 rings (SSSR count). The van der Waals surface area contributed by atoms with E-state index in [1.807, 2.05) is 31.2 Å². The first-order valence-electron chi connectivity index (χ1n) is 9.11. The third-order valence-electron chi connectivity index (χ3n) is 5.02. The zero-order valence-electron chi connectivity index (χ0n) is 16.3. The first-order valence-corrected chi connectivity index (χ1v) is 9.11. The Morgan fingerprint density at radius 3 is 2.57 bits per heavy atom. The number of methoxy groups -OCH3 is 1. The molecule has 0 spiro atoms. The van der Waals surface area contributed by atoms with E-state index in [0.29, 0.717) is 17.8 Å². The van der Waals surface area contributed by atoms with Gasteiger partial charge in [0.2, 0.25) is 0 Å². The van der Waals surface area contributed by atoms with Crippen molar-refractivity contribution in [2.75, 3.05) is 32.5 Å². The fourth-order valence-corrected chi connectivity index (χ4v) is 3.53. The fourth-order valence-electron chi connectivity index (χ4n) is 3.53. The van der Waals surface area contributed by atoms with Gasteiger partial charge in [-0.15, -0.1) is 24.8 Å². The molecule has 28 heavy (non-hydrogen) atoms. The number of carbonyl (C=O) groups excluding carboxylic acids is 1. The molecule has 0 bridgehead atoms. The minimum atomic E-state index is -0.0816. The molecule has 0 aromatic heterocycles. The molecule has 1 heterocycles. The maximum Gasteiger partial charge on any atom is 0.251 e. The van der Waals surface area contributed by atoms with Crippen LogP contribution in [0.2, 0.25) is 0 Å². The van der Waals surface area contributed by atoms with Gasteiger partial charge in [0.1, 0.15) is 5.75 Å². The second kappa shape index (κ2) is 11.1. The summed E-state index contributed by atoms with van der Waals surface area (Å²) in [5.74, 6) is 0.756. The highest BCUT2D eigenvalue weighted by Gasteiger charge is 2.24. The zero-order chi connectivity index (χ0) is 18.5. The van der Waals surface area contributed by atoms with Crippen LogP contribution in [0.15, 0.2) is 42.5 Å². The van der Waals surface area contributed by atoms with Gasteiger partial charge < -0.3 is 15.8 Å². The van der Waals surface area contributed by atoms with Crippen LogP contribution >= 0.6 is 24.8 Å². The van der Waals surface area contributed by atoms with E-state index in [4.69, 9.17) is 10.5 Å². The number of aryl methyl sites for hydroxylation is 1. The van der Waals surface area contributed by atoms with E-state index < -0.39 is 0 Å². The molecule has 3 N–H and O–H groups in total. The quantitative estimate of drug-likeness (QED) is 0.686. The second-order valence-electron chi connectivity index (χ2n) is 6.82. The number of amides is 1. The number of nitrogens with two attached hydrogens (primary N) is 1. The molecule has 1 fully saturated rings. The summed E-state index contributed by atoms with van der Waals surface area (Å²) in [6.45, 7) is 4.58. The Labute approximate surface area is 179 Å². The first kappa shape index (κ1) is 24.1. The molecule has 1 atom stereocenters. The smallest absolute Gasteiger partial charge is 0.251 e. The van der Waals surface area contributed by atoms with Crippen LogP contribution in [-0.2, 0) is 0 Å². The second-order valence-corrected chi connectivity index (χ2v) is 6.82. The van der Waals surface area contributed by atoms with E-state index >= 15 is 0 Å². The maximum absolute atomic E-state index is 12.7. The third kappa shape index (κ3) is 5.77. The van der Waals surface area contributed by atoms with Crippen molar-refractivity contribution in [2.24, 2.45) is 0 Å². The van der Waals surface area contributed by atoms with Crippen LogP contribution in [0.25, 0.3) is 0 Å². The number of likely N-dealkylation sites (tertiary alicyclic amines) is 1. The van der Waals surface area contributed by atoms with E-state index in [1.54, 1.807) is 13.2 Å². The molecule has 2 aromatic rings. The van der Waals surface area contributed by atoms with Crippen molar-refractivity contribution in [1.29, 1.82) is 0 Å². The Balaban J connectivity index is 0.00000196. The summed E-state index contributed by atoms with van der Waals surface area (Å²) < 4.78 is 5.37. The van der Waals surface area contributed by atoms with Crippen molar-refractivity contribution in [2.45, 2.75) is 25.8 Å². The van der Waals surface area contributed by atoms with Gasteiger partial charge in [-0.05, 0) is 68.2 Å². The molecule has 0 aliphatic carbocycles. The predicted molar refractivity (Wildman–Crippen MR) is 119 cm³/mol. The fraction of sp³-hybridized carbons (Fsp3) is 0.381. The van der Waals surface area contributed by atoms with Crippen molar-refractivity contribution in [1.82, 2.24) is 10.2 Å². The van der Waals surface area contributed by atoms with E-state index in [1.165, 1.54) is 12.8 Å². The number of hydrogen-bond acceptors (Lipinski definition) is 4. The van der Waals surface area contributed by atoms with E-state index in [9.17, 15) is 4.79 Å². The summed E-state index contributed by atoms with van der Waals surface area (Å²) >= 11 is 0. The molecule has 1 saturated heterocycles. The van der Waals surface area contributed by atoms with E-state index in [-0.39, 0.29) is 36.8 Å². The van der Waals surface area contributed by atoms with E-state index in [0.717, 1.165) is 30.0 Å². The minimum Gasteiger partial charge on any atom is -0.497 e. The number of nitrogens with zero attached hydrogens (tertiary/aromatic N) is 1. The lowest BCUT2D eigenvalue weighted by atomic mass is 10.0. The number of halogens is 2. The number of nitrogen functional groups attached to an aromatic ring is 1. The summed E-state index contributed by atoms with van der Waals surface area (Å²) in [6.07, 6.45) is 2.39. The third-order valence-corrected chi connectivity index (χ3v) is 5.02. The molecule has 7 heteroatoms. The average Bonchev–Trinajstić information content (AvgIpc) is 3.18. The first-order chi connectivity index (χ1) is 12.6. The van der Waals surface area contributed by atoms with Gasteiger partial charge in [-0.2, -0.15) is 0 Å². The van der Waals surface area contributed by atoms with Gasteiger partial charge in [-0.1, -0.05) is 18.2 Å². The summed E-state index contributed by atoms with van der Waals surface area (Å²) in [5.41, 5.74) is 9.17. The monoisotopic (exact) mass is 425 g/mol. The Morgan fingerprint density at radius 2 is 1.89 bits per heavy atom. The lowest BCUT2D eigenvalue weighted by Crippen LogP contribution is -2.37. The lowest BCUT2D eigenvalue weighted by Gasteiger charge is -2.28. The summed E-state index contributed by atoms with van der Waals surface area (Å²) in [6, 6.07) is 13.7. The summed E-state index contributed by atoms with van der Waals surface area (Å²) in [7, 11) is 1.67. The van der Waals surface area contributed by atoms with Crippen LogP contribution in [-0.4, -0.2) is 37.6 Å². The normalized spacial score (nSPS) is 14.5. The number of anilines is 1. The topological polar surface area (TPSA) is 67.6 Å². The van der Waals surface area contributed by atoms with Gasteiger partial charge in [-0.25, -0.2) is 0 Å². The van der Waals surface area contributed by atoms with Gasteiger partial charge in [0, 0.05) is 17.8 Å². The molecular formula is C21H29Cl2N3O2. The lowest BCUT2D eigenvalue weighted by molar-refractivity contribution is 0.0937. The average molecular weight is 426 g/mol. The minimum absolute atomic E-state index is 0. The molecular weight excluding hydrogens is 397 g/mol. The Hall–Kier alpha value is -1.95. The molecule has 154 valence electrons. The summed E-state index contributed by atoms with van der Waals surface area (Å²) in [5, 5.41) is 3.10. The Bertz CT molecular complexity index is 780. The standard InChI is InChI=1S/C21H27N3O2.2ClH/c1-15-8-9-17(22)13-19(15)21(25)23-14-20(24-10-3-4-11-24)16-6-5-7-18(12-16)26-2;;/h5-9,12-13,20H,3-4,10-11,14,22H2,1-2H3,(H,23,25);2*1H. The van der Waals surface area contributed by atoms with Crippen molar-refractivity contribution in [3.8, 4) is 5.75 Å². The number of rotatable bonds is 6. The van der Waals surface area contributed by atoms with Gasteiger partial charge in [0.15, 0.2) is 0 Å². The van der Waals surface area contributed by atoms with Crippen LogP contribution < -0.4 is 15.8 Å². The number of nitrogens with one attached hydrogen (secondary N) is 1. The van der Waals surface area contributed by atoms with Crippen LogP contribution in [0.4, 0.5) is 5.69 Å². The largest absolute Gasteiger partial charge is 0.497 e. The van der Waals surface area contributed by atoms with Gasteiger partial charge >= 0.3 is 0 Å². The molecule has 1 unspecified atom stereocenters. The zero-order valence-corrected chi connectivity index (χ0v) is 17.9. The molecule has 5 nitrogen and oxygen atoms in total. The Morgan fingerprint density at radius 1 is 1.18 bits per heavy atom. The van der Waals surface area contributed by atoms with Gasteiger partial charge in [0.25, 0.3) is 5.91 Å². The van der Waals surface area contributed by atoms with Crippen molar-refractivity contribution in [3.05, 3.63) is 59.2 Å². The molecule has 0 radical (unpaired) electrons. The molecule has 0 saturated carbocycles. The van der Waals surface area contributed by atoms with Crippen molar-refractivity contribution in [3.63, 3.8) is 0 Å². The van der Waals surface area contributed by atoms with Crippen molar-refractivity contribution < 1.29 is 9.53 Å². The molecule has 1 aliphatic rings. The summed E-state index contributed by atoms with van der Waals surface area (Å²) in [4.78, 5) is 15.1.